The van der Waals surface area contributed by atoms with Crippen LogP contribution in [-0.2, 0) is 0 Å². The van der Waals surface area contributed by atoms with Crippen LogP contribution in [0.15, 0.2) is 30.8 Å². The van der Waals surface area contributed by atoms with Gasteiger partial charge in [-0.2, -0.15) is 0 Å². The lowest BCUT2D eigenvalue weighted by atomic mass is 9.95. The van der Waals surface area contributed by atoms with Crippen LogP contribution in [0.25, 0.3) is 5.76 Å². The largest absolute Gasteiger partial charge is 0.508 e. The summed E-state index contributed by atoms with van der Waals surface area (Å²) in [6.07, 6.45) is 14.6. The van der Waals surface area contributed by atoms with Crippen LogP contribution in [0.3, 0.4) is 0 Å². The zero-order valence-electron chi connectivity index (χ0n) is 10.7. The molecule has 1 aromatic rings. The molecule has 0 aromatic heterocycles. The summed E-state index contributed by atoms with van der Waals surface area (Å²) in [7, 11) is 0. The predicted octanol–water partition coefficient (Wildman–Crippen LogP) is 4.21. The maximum Gasteiger partial charge on any atom is 0.115 e. The molecule has 0 atom stereocenters. The van der Waals surface area contributed by atoms with Crippen molar-refractivity contribution in [3.05, 3.63) is 36.4 Å². The molecular weight excluding hydrogens is 222 g/mol. The van der Waals surface area contributed by atoms with E-state index in [0.717, 1.165) is 11.3 Å². The molecule has 2 heteroatoms. The Balaban J connectivity index is 0.000000771. The standard InChI is InChI=1S/C14H19NO.C2H2/c1-11(16)12-7-9-14(10-8-12)15-13-5-3-2-4-6-13;1-2/h7-10,13,15-16H,1-6H2;1-2H. The van der Waals surface area contributed by atoms with E-state index >= 15 is 0 Å². The lowest BCUT2D eigenvalue weighted by Gasteiger charge is -2.23. The number of aliphatic hydroxyl groups is 1. The van der Waals surface area contributed by atoms with Crippen molar-refractivity contribution in [2.24, 2.45) is 0 Å². The van der Waals surface area contributed by atoms with E-state index in [-0.39, 0.29) is 5.76 Å². The van der Waals surface area contributed by atoms with Gasteiger partial charge >= 0.3 is 0 Å². The van der Waals surface area contributed by atoms with E-state index in [1.807, 2.05) is 24.3 Å². The maximum absolute atomic E-state index is 9.22. The smallest absolute Gasteiger partial charge is 0.115 e. The Bertz CT molecular complexity index is 385. The number of benzene rings is 1. The predicted molar refractivity (Wildman–Crippen MR) is 78.5 cm³/mol. The molecule has 0 spiro atoms. The number of hydrogen-bond acceptors (Lipinski definition) is 2. The van der Waals surface area contributed by atoms with Gasteiger partial charge in [0.1, 0.15) is 5.76 Å². The van der Waals surface area contributed by atoms with Crippen molar-refractivity contribution in [1.82, 2.24) is 0 Å². The zero-order chi connectivity index (χ0) is 13.4. The van der Waals surface area contributed by atoms with Crippen molar-refractivity contribution in [2.75, 3.05) is 5.32 Å². The van der Waals surface area contributed by atoms with Gasteiger partial charge in [0.15, 0.2) is 0 Å². The molecule has 1 aliphatic carbocycles. The molecule has 1 fully saturated rings. The van der Waals surface area contributed by atoms with Gasteiger partial charge in [-0.1, -0.05) is 25.8 Å². The first-order valence-corrected chi connectivity index (χ1v) is 6.34. The molecule has 1 aromatic carbocycles. The Morgan fingerprint density at radius 1 is 1.11 bits per heavy atom. The molecule has 18 heavy (non-hydrogen) atoms. The average molecular weight is 243 g/mol. The molecule has 0 aliphatic heterocycles. The number of hydrogen-bond donors (Lipinski definition) is 2. The summed E-state index contributed by atoms with van der Waals surface area (Å²) in [5.74, 6) is 0.129. The summed E-state index contributed by atoms with van der Waals surface area (Å²) < 4.78 is 0. The summed E-state index contributed by atoms with van der Waals surface area (Å²) in [6, 6.07) is 8.43. The van der Waals surface area contributed by atoms with Crippen molar-refractivity contribution < 1.29 is 5.11 Å². The van der Waals surface area contributed by atoms with E-state index in [4.69, 9.17) is 0 Å². The molecule has 2 rings (SSSR count). The van der Waals surface area contributed by atoms with Gasteiger partial charge in [0.25, 0.3) is 0 Å². The van der Waals surface area contributed by atoms with Crippen molar-refractivity contribution in [3.63, 3.8) is 0 Å². The fraction of sp³-hybridized carbons (Fsp3) is 0.375. The molecular formula is C16H21NO. The molecule has 0 bridgehead atoms. The summed E-state index contributed by atoms with van der Waals surface area (Å²) in [5, 5.41) is 12.8. The Labute approximate surface area is 110 Å². The van der Waals surface area contributed by atoms with Crippen molar-refractivity contribution in [1.29, 1.82) is 0 Å². The second kappa shape index (κ2) is 7.45. The highest BCUT2D eigenvalue weighted by molar-refractivity contribution is 5.59. The van der Waals surface area contributed by atoms with Crippen LogP contribution in [0.4, 0.5) is 5.69 Å². The van der Waals surface area contributed by atoms with Crippen LogP contribution in [0.5, 0.6) is 0 Å². The molecule has 0 unspecified atom stereocenters. The summed E-state index contributed by atoms with van der Waals surface area (Å²) in [4.78, 5) is 0. The van der Waals surface area contributed by atoms with Crippen molar-refractivity contribution in [2.45, 2.75) is 38.1 Å². The van der Waals surface area contributed by atoms with Crippen LogP contribution in [0.2, 0.25) is 0 Å². The maximum atomic E-state index is 9.22. The third kappa shape index (κ3) is 4.18. The number of rotatable bonds is 3. The first kappa shape index (κ1) is 14.2. The molecule has 1 aliphatic rings. The van der Waals surface area contributed by atoms with E-state index in [9.17, 15) is 5.11 Å². The topological polar surface area (TPSA) is 32.3 Å². The number of anilines is 1. The quantitative estimate of drug-likeness (QED) is 0.615. The normalized spacial score (nSPS) is 15.2. The van der Waals surface area contributed by atoms with Crippen LogP contribution in [0, 0.1) is 12.8 Å². The molecule has 0 saturated heterocycles. The first-order valence-electron chi connectivity index (χ1n) is 6.34. The van der Waals surface area contributed by atoms with Gasteiger partial charge in [0.2, 0.25) is 0 Å². The minimum atomic E-state index is 0.129. The van der Waals surface area contributed by atoms with Gasteiger partial charge in [0.05, 0.1) is 0 Å². The van der Waals surface area contributed by atoms with Gasteiger partial charge < -0.3 is 10.4 Å². The third-order valence-corrected chi connectivity index (χ3v) is 3.19. The van der Waals surface area contributed by atoms with E-state index in [2.05, 4.69) is 24.7 Å². The summed E-state index contributed by atoms with van der Waals surface area (Å²) in [5.41, 5.74) is 1.92. The lowest BCUT2D eigenvalue weighted by Crippen LogP contribution is -2.22. The number of aliphatic hydroxyl groups excluding tert-OH is 1. The van der Waals surface area contributed by atoms with E-state index in [1.165, 1.54) is 32.1 Å². The monoisotopic (exact) mass is 243 g/mol. The summed E-state index contributed by atoms with van der Waals surface area (Å²) >= 11 is 0. The third-order valence-electron chi connectivity index (χ3n) is 3.19. The van der Waals surface area contributed by atoms with Gasteiger partial charge in [-0.3, -0.25) is 0 Å². The SMILES string of the molecule is C#C.C=C(O)c1ccc(NC2CCCCC2)cc1. The average Bonchev–Trinajstić information content (AvgIpc) is 2.43. The minimum Gasteiger partial charge on any atom is -0.508 e. The van der Waals surface area contributed by atoms with Crippen LogP contribution in [0.1, 0.15) is 37.7 Å². The minimum absolute atomic E-state index is 0.129. The molecule has 0 radical (unpaired) electrons. The highest BCUT2D eigenvalue weighted by Gasteiger charge is 2.12. The van der Waals surface area contributed by atoms with E-state index < -0.39 is 0 Å². The number of nitrogens with one attached hydrogen (secondary N) is 1. The van der Waals surface area contributed by atoms with Gasteiger partial charge in [-0.15, -0.1) is 12.8 Å². The van der Waals surface area contributed by atoms with Crippen molar-refractivity contribution in [3.8, 4) is 12.8 Å². The molecule has 1 saturated carbocycles. The van der Waals surface area contributed by atoms with Gasteiger partial charge in [0, 0.05) is 17.3 Å². The fourth-order valence-corrected chi connectivity index (χ4v) is 2.24. The Morgan fingerprint density at radius 2 is 1.67 bits per heavy atom. The zero-order valence-corrected chi connectivity index (χ0v) is 10.7. The van der Waals surface area contributed by atoms with Crippen LogP contribution < -0.4 is 5.32 Å². The molecule has 0 amide bonds. The molecule has 0 heterocycles. The Kier molecular flexibility index (Phi) is 5.87. The van der Waals surface area contributed by atoms with E-state index in [0.29, 0.717) is 6.04 Å². The second-order valence-corrected chi connectivity index (χ2v) is 4.50. The van der Waals surface area contributed by atoms with Gasteiger partial charge in [-0.05, 0) is 37.1 Å². The Hall–Kier alpha value is -1.88. The highest BCUT2D eigenvalue weighted by atomic mass is 16.3. The first-order chi connectivity index (χ1) is 8.75. The van der Waals surface area contributed by atoms with Crippen LogP contribution in [-0.4, -0.2) is 11.1 Å². The van der Waals surface area contributed by atoms with Crippen molar-refractivity contribution >= 4 is 11.4 Å². The summed E-state index contributed by atoms with van der Waals surface area (Å²) in [6.45, 7) is 3.51. The van der Waals surface area contributed by atoms with Gasteiger partial charge in [-0.25, -0.2) is 0 Å². The Morgan fingerprint density at radius 3 is 2.17 bits per heavy atom. The van der Waals surface area contributed by atoms with Crippen LogP contribution >= 0.6 is 0 Å². The highest BCUT2D eigenvalue weighted by Crippen LogP contribution is 2.22. The molecule has 96 valence electrons. The lowest BCUT2D eigenvalue weighted by molar-refractivity contribution is 0.463. The van der Waals surface area contributed by atoms with E-state index in [1.54, 1.807) is 0 Å². The molecule has 2 N–H and O–H groups in total. The fourth-order valence-electron chi connectivity index (χ4n) is 2.24. The second-order valence-electron chi connectivity index (χ2n) is 4.50. The number of terminal acetylenes is 1. The molecule has 2 nitrogen and oxygen atoms in total.